The summed E-state index contributed by atoms with van der Waals surface area (Å²) < 4.78 is 19.0. The third kappa shape index (κ3) is 1.35. The van der Waals surface area contributed by atoms with Gasteiger partial charge in [-0.25, -0.2) is 4.39 Å². The van der Waals surface area contributed by atoms with E-state index in [2.05, 4.69) is 0 Å². The molecule has 0 saturated carbocycles. The van der Waals surface area contributed by atoms with Gasteiger partial charge in [0, 0.05) is 16.6 Å². The van der Waals surface area contributed by atoms with Gasteiger partial charge in [0.1, 0.15) is 11.3 Å². The molecule has 2 nitrogen and oxygen atoms in total. The molecule has 0 spiro atoms. The number of hydrogen-bond donors (Lipinski definition) is 1. The third-order valence-electron chi connectivity index (χ3n) is 2.24. The van der Waals surface area contributed by atoms with E-state index in [-0.39, 0.29) is 0 Å². The molecule has 1 heterocycles. The van der Waals surface area contributed by atoms with Gasteiger partial charge in [0.05, 0.1) is 6.26 Å². The van der Waals surface area contributed by atoms with Crippen LogP contribution in [0, 0.1) is 0 Å². The average Bonchev–Trinajstić information content (AvgIpc) is 2.45. The summed E-state index contributed by atoms with van der Waals surface area (Å²) in [6, 6.07) is 5.22. The van der Waals surface area contributed by atoms with Gasteiger partial charge >= 0.3 is 0 Å². The van der Waals surface area contributed by atoms with Gasteiger partial charge in [-0.15, -0.1) is 0 Å². The van der Waals surface area contributed by atoms with Crippen molar-refractivity contribution in [1.29, 1.82) is 0 Å². The van der Waals surface area contributed by atoms with Crippen molar-refractivity contribution < 1.29 is 8.81 Å². The molecular formula is C11H12FNO. The highest BCUT2D eigenvalue weighted by Crippen LogP contribution is 2.33. The largest absolute Gasteiger partial charge is 0.464 e. The van der Waals surface area contributed by atoms with Crippen LogP contribution in [0.15, 0.2) is 28.9 Å². The molecule has 74 valence electrons. The molecule has 1 aromatic heterocycles. The van der Waals surface area contributed by atoms with Crippen LogP contribution in [-0.4, -0.2) is 0 Å². The maximum absolute atomic E-state index is 13.7. The molecule has 0 unspecified atom stereocenters. The number of alkyl halides is 1. The highest BCUT2D eigenvalue weighted by Gasteiger charge is 2.23. The Kier molecular flexibility index (Phi) is 1.77. The van der Waals surface area contributed by atoms with E-state index in [1.54, 1.807) is 18.2 Å². The molecule has 14 heavy (non-hydrogen) atoms. The van der Waals surface area contributed by atoms with Crippen molar-refractivity contribution >= 4 is 16.7 Å². The second-order valence-corrected chi connectivity index (χ2v) is 3.88. The second kappa shape index (κ2) is 2.74. The number of halogens is 1. The first-order valence-corrected chi connectivity index (χ1v) is 4.44. The van der Waals surface area contributed by atoms with Crippen molar-refractivity contribution in [2.75, 3.05) is 5.73 Å². The molecule has 0 amide bonds. The first-order chi connectivity index (χ1) is 6.48. The third-order valence-corrected chi connectivity index (χ3v) is 2.24. The van der Waals surface area contributed by atoms with Crippen molar-refractivity contribution in [1.82, 2.24) is 0 Å². The van der Waals surface area contributed by atoms with E-state index in [4.69, 9.17) is 10.2 Å². The van der Waals surface area contributed by atoms with Gasteiger partial charge in [0.15, 0.2) is 0 Å². The molecule has 0 aliphatic heterocycles. The van der Waals surface area contributed by atoms with Gasteiger partial charge < -0.3 is 10.2 Å². The summed E-state index contributed by atoms with van der Waals surface area (Å²) in [4.78, 5) is 0. The summed E-state index contributed by atoms with van der Waals surface area (Å²) in [5, 5.41) is 0.748. The van der Waals surface area contributed by atoms with E-state index in [0.717, 1.165) is 5.39 Å². The van der Waals surface area contributed by atoms with Crippen LogP contribution in [0.25, 0.3) is 11.0 Å². The zero-order chi connectivity index (χ0) is 10.3. The molecule has 2 rings (SSSR count). The minimum Gasteiger partial charge on any atom is -0.464 e. The van der Waals surface area contributed by atoms with E-state index in [9.17, 15) is 4.39 Å². The molecular weight excluding hydrogens is 181 g/mol. The standard InChI is InChI=1S/C11H12FNO/c1-11(2,12)9-6-14-10-4-3-7(13)5-8(9)10/h3-6H,13H2,1-2H3. The van der Waals surface area contributed by atoms with Crippen molar-refractivity contribution in [2.24, 2.45) is 0 Å². The van der Waals surface area contributed by atoms with E-state index in [0.29, 0.717) is 16.8 Å². The number of benzene rings is 1. The second-order valence-electron chi connectivity index (χ2n) is 3.88. The minimum absolute atomic E-state index is 0.541. The maximum atomic E-state index is 13.7. The Labute approximate surface area is 81.5 Å². The number of furan rings is 1. The number of hydrogen-bond acceptors (Lipinski definition) is 2. The van der Waals surface area contributed by atoms with E-state index in [1.807, 2.05) is 0 Å². The van der Waals surface area contributed by atoms with Gasteiger partial charge in [0.25, 0.3) is 0 Å². The number of rotatable bonds is 1. The summed E-state index contributed by atoms with van der Waals surface area (Å²) in [6.45, 7) is 3.00. The molecule has 2 N–H and O–H groups in total. The van der Waals surface area contributed by atoms with Crippen LogP contribution in [-0.2, 0) is 5.67 Å². The van der Waals surface area contributed by atoms with Crippen LogP contribution in [0.3, 0.4) is 0 Å². The molecule has 2 aromatic rings. The minimum atomic E-state index is -1.40. The zero-order valence-corrected chi connectivity index (χ0v) is 8.17. The SMILES string of the molecule is CC(C)(F)c1coc2ccc(N)cc12. The number of nitrogens with two attached hydrogens (primary N) is 1. The normalized spacial score (nSPS) is 12.2. The fourth-order valence-corrected chi connectivity index (χ4v) is 1.51. The lowest BCUT2D eigenvalue weighted by molar-refractivity contribution is 0.222. The van der Waals surface area contributed by atoms with Crippen LogP contribution in [0.5, 0.6) is 0 Å². The van der Waals surface area contributed by atoms with Crippen LogP contribution in [0.4, 0.5) is 10.1 Å². The number of nitrogen functional groups attached to an aromatic ring is 1. The van der Waals surface area contributed by atoms with E-state index >= 15 is 0 Å². The van der Waals surface area contributed by atoms with Crippen LogP contribution in [0.2, 0.25) is 0 Å². The molecule has 3 heteroatoms. The number of anilines is 1. The smallest absolute Gasteiger partial charge is 0.134 e. The Bertz CT molecular complexity index is 468. The van der Waals surface area contributed by atoms with Gasteiger partial charge in [-0.2, -0.15) is 0 Å². The molecule has 0 fully saturated rings. The molecule has 0 aliphatic rings. The molecule has 0 aliphatic carbocycles. The van der Waals surface area contributed by atoms with Crippen molar-refractivity contribution in [3.8, 4) is 0 Å². The highest BCUT2D eigenvalue weighted by atomic mass is 19.1. The average molecular weight is 193 g/mol. The summed E-state index contributed by atoms with van der Waals surface area (Å²) >= 11 is 0. The molecule has 1 aromatic carbocycles. The van der Waals surface area contributed by atoms with Crippen LogP contribution in [0.1, 0.15) is 19.4 Å². The Morgan fingerprint density at radius 1 is 1.36 bits per heavy atom. The topological polar surface area (TPSA) is 39.2 Å². The first-order valence-electron chi connectivity index (χ1n) is 4.44. The predicted octanol–water partition coefficient (Wildman–Crippen LogP) is 3.22. The van der Waals surface area contributed by atoms with Crippen LogP contribution >= 0.6 is 0 Å². The summed E-state index contributed by atoms with van der Waals surface area (Å²) in [6.07, 6.45) is 1.45. The maximum Gasteiger partial charge on any atom is 0.134 e. The summed E-state index contributed by atoms with van der Waals surface area (Å²) in [5.41, 5.74) is 6.05. The Morgan fingerprint density at radius 2 is 2.07 bits per heavy atom. The van der Waals surface area contributed by atoms with Crippen molar-refractivity contribution in [3.05, 3.63) is 30.0 Å². The monoisotopic (exact) mass is 193 g/mol. The highest BCUT2D eigenvalue weighted by molar-refractivity contribution is 5.84. The molecule has 0 radical (unpaired) electrons. The molecule has 0 bridgehead atoms. The Balaban J connectivity index is 2.73. The lowest BCUT2D eigenvalue weighted by Crippen LogP contribution is -2.07. The fraction of sp³-hybridized carbons (Fsp3) is 0.273. The number of fused-ring (bicyclic) bond motifs is 1. The molecule has 0 atom stereocenters. The van der Waals surface area contributed by atoms with E-state index < -0.39 is 5.67 Å². The Hall–Kier alpha value is -1.51. The van der Waals surface area contributed by atoms with Gasteiger partial charge in [0.2, 0.25) is 0 Å². The lowest BCUT2D eigenvalue weighted by Gasteiger charge is -2.11. The fourth-order valence-electron chi connectivity index (χ4n) is 1.51. The van der Waals surface area contributed by atoms with E-state index in [1.165, 1.54) is 20.1 Å². The zero-order valence-electron chi connectivity index (χ0n) is 8.17. The molecule has 0 saturated heterocycles. The first kappa shape index (κ1) is 9.06. The lowest BCUT2D eigenvalue weighted by atomic mass is 9.99. The quantitative estimate of drug-likeness (QED) is 0.706. The van der Waals surface area contributed by atoms with Crippen LogP contribution < -0.4 is 5.73 Å². The van der Waals surface area contributed by atoms with Gasteiger partial charge in [-0.1, -0.05) is 0 Å². The summed E-state index contributed by atoms with van der Waals surface area (Å²) in [7, 11) is 0. The van der Waals surface area contributed by atoms with Crippen molar-refractivity contribution in [2.45, 2.75) is 19.5 Å². The van der Waals surface area contributed by atoms with Gasteiger partial charge in [-0.3, -0.25) is 0 Å². The Morgan fingerprint density at radius 3 is 2.71 bits per heavy atom. The van der Waals surface area contributed by atoms with Gasteiger partial charge in [-0.05, 0) is 32.0 Å². The summed E-state index contributed by atoms with van der Waals surface area (Å²) in [5.74, 6) is 0. The predicted molar refractivity (Wildman–Crippen MR) is 54.8 cm³/mol. The van der Waals surface area contributed by atoms with Crippen molar-refractivity contribution in [3.63, 3.8) is 0 Å².